The molecule has 0 radical (unpaired) electrons. The Morgan fingerprint density at radius 2 is 1.14 bits per heavy atom. The molecule has 11 heteroatoms. The first-order valence-electron chi connectivity index (χ1n) is 7.86. The lowest BCUT2D eigenvalue weighted by molar-refractivity contribution is 0.103. The number of carbonyl (C=O) groups excluding carboxylic acids is 1. The van der Waals surface area contributed by atoms with Crippen LogP contribution in [0.4, 0.5) is 11.4 Å². The summed E-state index contributed by atoms with van der Waals surface area (Å²) in [7, 11) is -3.40. The first-order chi connectivity index (χ1) is 12.7. The number of rotatable bonds is 6. The molecule has 0 saturated heterocycles. The van der Waals surface area contributed by atoms with Crippen molar-refractivity contribution in [3.8, 4) is 0 Å². The van der Waals surface area contributed by atoms with Crippen LogP contribution in [0.25, 0.3) is 0 Å². The van der Waals surface area contributed by atoms with Crippen LogP contribution in [-0.4, -0.2) is 59.9 Å². The molecule has 0 aliphatic rings. The van der Waals surface area contributed by atoms with Gasteiger partial charge in [-0.25, -0.2) is 0 Å². The third-order valence-electron chi connectivity index (χ3n) is 4.00. The molecule has 0 aromatic heterocycles. The van der Waals surface area contributed by atoms with Crippen molar-refractivity contribution in [2.24, 2.45) is 0 Å². The highest BCUT2D eigenvalue weighted by Gasteiger charge is 2.31. The van der Waals surface area contributed by atoms with E-state index in [1.54, 1.807) is 31.1 Å². The molecular formula is C17H20N2O7S2. The van der Waals surface area contributed by atoms with Crippen molar-refractivity contribution in [3.63, 3.8) is 0 Å². The Labute approximate surface area is 163 Å². The molecule has 0 heterocycles. The van der Waals surface area contributed by atoms with E-state index in [9.17, 15) is 30.7 Å². The van der Waals surface area contributed by atoms with E-state index >= 15 is 0 Å². The topological polar surface area (TPSA) is 132 Å². The van der Waals surface area contributed by atoms with E-state index in [4.69, 9.17) is 0 Å². The average molecular weight is 428 g/mol. The fraction of sp³-hybridized carbons (Fsp3) is 0.235. The SMILES string of the molecule is CN(C)c1ccc(C(=O)c2c(S(=O)(=O)O)cc(N(C)C)cc2S(=O)(=O)O)cc1. The van der Waals surface area contributed by atoms with E-state index in [1.807, 2.05) is 0 Å². The minimum Gasteiger partial charge on any atom is -0.378 e. The molecule has 0 fully saturated rings. The van der Waals surface area contributed by atoms with Crippen LogP contribution in [0, 0.1) is 0 Å². The highest BCUT2D eigenvalue weighted by molar-refractivity contribution is 7.86. The molecule has 28 heavy (non-hydrogen) atoms. The molecule has 0 spiro atoms. The molecule has 2 N–H and O–H groups in total. The van der Waals surface area contributed by atoms with Gasteiger partial charge in [0, 0.05) is 45.1 Å². The van der Waals surface area contributed by atoms with Gasteiger partial charge >= 0.3 is 0 Å². The number of hydrogen-bond donors (Lipinski definition) is 2. The summed E-state index contributed by atoms with van der Waals surface area (Å²) in [5, 5.41) is 0. The molecule has 152 valence electrons. The van der Waals surface area contributed by atoms with Gasteiger partial charge in [-0.05, 0) is 36.4 Å². The molecule has 0 aliphatic carbocycles. The van der Waals surface area contributed by atoms with Crippen molar-refractivity contribution in [1.82, 2.24) is 0 Å². The van der Waals surface area contributed by atoms with E-state index in [1.165, 1.54) is 31.1 Å². The predicted molar refractivity (Wildman–Crippen MR) is 105 cm³/mol. The summed E-state index contributed by atoms with van der Waals surface area (Å²) in [6, 6.07) is 7.87. The summed E-state index contributed by atoms with van der Waals surface area (Å²) in [5.74, 6) is -0.976. The molecule has 0 amide bonds. The fourth-order valence-electron chi connectivity index (χ4n) is 2.52. The highest BCUT2D eigenvalue weighted by atomic mass is 32.2. The summed E-state index contributed by atoms with van der Waals surface area (Å²) in [5.41, 5.74) is -0.0320. The zero-order chi connectivity index (χ0) is 21.4. The minimum atomic E-state index is -4.98. The maximum atomic E-state index is 13.0. The molecule has 9 nitrogen and oxygen atoms in total. The lowest BCUT2D eigenvalue weighted by Crippen LogP contribution is -2.18. The number of nitrogens with zero attached hydrogens (tertiary/aromatic N) is 2. The van der Waals surface area contributed by atoms with Crippen LogP contribution < -0.4 is 9.80 Å². The Morgan fingerprint density at radius 1 is 0.750 bits per heavy atom. The Morgan fingerprint density at radius 3 is 1.46 bits per heavy atom. The number of hydrogen-bond acceptors (Lipinski definition) is 7. The lowest BCUT2D eigenvalue weighted by Gasteiger charge is -2.18. The second-order valence-electron chi connectivity index (χ2n) is 6.43. The van der Waals surface area contributed by atoms with E-state index < -0.39 is 41.4 Å². The molecule has 0 atom stereocenters. The van der Waals surface area contributed by atoms with Crippen LogP contribution in [0.3, 0.4) is 0 Å². The summed E-state index contributed by atoms with van der Waals surface area (Å²) in [4.78, 5) is 14.3. The van der Waals surface area contributed by atoms with Gasteiger partial charge in [0.05, 0.1) is 5.56 Å². The standard InChI is InChI=1S/C17H20N2O7S2/c1-18(2)12-7-5-11(6-8-12)17(20)16-14(27(21,22)23)9-13(19(3)4)10-15(16)28(24,25)26/h5-10H,1-4H3,(H,21,22,23)(H,24,25,26). The van der Waals surface area contributed by atoms with Gasteiger partial charge in [-0.2, -0.15) is 16.8 Å². The Bertz CT molecular complexity index is 1070. The van der Waals surface area contributed by atoms with Crippen molar-refractivity contribution in [2.75, 3.05) is 38.0 Å². The molecule has 2 rings (SSSR count). The first-order valence-corrected chi connectivity index (χ1v) is 10.7. The van der Waals surface area contributed by atoms with Crippen LogP contribution in [-0.2, 0) is 20.2 Å². The van der Waals surface area contributed by atoms with Gasteiger partial charge in [0.15, 0.2) is 5.78 Å². The highest BCUT2D eigenvalue weighted by Crippen LogP contribution is 2.31. The van der Waals surface area contributed by atoms with Crippen molar-refractivity contribution in [1.29, 1.82) is 0 Å². The van der Waals surface area contributed by atoms with Crippen LogP contribution >= 0.6 is 0 Å². The number of benzene rings is 2. The third kappa shape index (κ3) is 4.50. The second-order valence-corrected chi connectivity index (χ2v) is 9.21. The number of ketones is 1. The quantitative estimate of drug-likeness (QED) is 0.519. The third-order valence-corrected chi connectivity index (χ3v) is 5.75. The molecular weight excluding hydrogens is 408 g/mol. The summed E-state index contributed by atoms with van der Waals surface area (Å²) >= 11 is 0. The largest absolute Gasteiger partial charge is 0.378 e. The number of carbonyl (C=O) groups is 1. The van der Waals surface area contributed by atoms with Gasteiger partial charge in [-0.15, -0.1) is 0 Å². The maximum absolute atomic E-state index is 13.0. The number of anilines is 2. The Balaban J connectivity index is 2.85. The predicted octanol–water partition coefficient (Wildman–Crippen LogP) is 1.54. The van der Waals surface area contributed by atoms with Gasteiger partial charge in [-0.1, -0.05) is 0 Å². The molecule has 2 aromatic rings. The van der Waals surface area contributed by atoms with Crippen molar-refractivity contribution < 1.29 is 30.7 Å². The van der Waals surface area contributed by atoms with Gasteiger partial charge in [0.2, 0.25) is 0 Å². The maximum Gasteiger partial charge on any atom is 0.295 e. The zero-order valence-corrected chi connectivity index (χ0v) is 17.2. The average Bonchev–Trinajstić information content (AvgIpc) is 2.58. The van der Waals surface area contributed by atoms with Crippen LogP contribution in [0.15, 0.2) is 46.2 Å². The summed E-state index contributed by atoms with van der Waals surface area (Å²) in [6.45, 7) is 0. The summed E-state index contributed by atoms with van der Waals surface area (Å²) in [6.07, 6.45) is 0. The Kier molecular flexibility index (Phi) is 5.85. The van der Waals surface area contributed by atoms with Crippen LogP contribution in [0.1, 0.15) is 15.9 Å². The second kappa shape index (κ2) is 7.51. The minimum absolute atomic E-state index is 0.0157. The van der Waals surface area contributed by atoms with Crippen molar-refractivity contribution >= 4 is 37.4 Å². The molecule has 0 bridgehead atoms. The van der Waals surface area contributed by atoms with E-state index in [-0.39, 0.29) is 11.3 Å². The fourth-order valence-corrected chi connectivity index (χ4v) is 4.05. The molecule has 0 unspecified atom stereocenters. The van der Waals surface area contributed by atoms with Crippen molar-refractivity contribution in [3.05, 3.63) is 47.5 Å². The van der Waals surface area contributed by atoms with E-state index in [0.717, 1.165) is 17.8 Å². The van der Waals surface area contributed by atoms with Gasteiger partial charge < -0.3 is 9.80 Å². The first kappa shape index (κ1) is 21.8. The van der Waals surface area contributed by atoms with Crippen molar-refractivity contribution in [2.45, 2.75) is 9.79 Å². The van der Waals surface area contributed by atoms with Gasteiger partial charge in [0.25, 0.3) is 20.2 Å². The van der Waals surface area contributed by atoms with Gasteiger partial charge in [0.1, 0.15) is 9.79 Å². The van der Waals surface area contributed by atoms with Crippen LogP contribution in [0.5, 0.6) is 0 Å². The smallest absolute Gasteiger partial charge is 0.295 e. The molecule has 2 aromatic carbocycles. The van der Waals surface area contributed by atoms with Gasteiger partial charge in [-0.3, -0.25) is 13.9 Å². The monoisotopic (exact) mass is 428 g/mol. The van der Waals surface area contributed by atoms with E-state index in [0.29, 0.717) is 0 Å². The normalized spacial score (nSPS) is 11.9. The zero-order valence-electron chi connectivity index (χ0n) is 15.6. The Hall–Kier alpha value is -2.47. The molecule has 0 aliphatic heterocycles. The lowest BCUT2D eigenvalue weighted by atomic mass is 10.0. The van der Waals surface area contributed by atoms with E-state index in [2.05, 4.69) is 0 Å². The van der Waals surface area contributed by atoms with Crippen LogP contribution in [0.2, 0.25) is 0 Å². The summed E-state index contributed by atoms with van der Waals surface area (Å²) < 4.78 is 66.7. The molecule has 0 saturated carbocycles.